The van der Waals surface area contributed by atoms with E-state index in [1.54, 1.807) is 0 Å². The van der Waals surface area contributed by atoms with Crippen molar-refractivity contribution in [2.24, 2.45) is 0 Å². The van der Waals surface area contributed by atoms with Gasteiger partial charge in [-0.1, -0.05) is 30.1 Å². The van der Waals surface area contributed by atoms with Crippen molar-refractivity contribution in [3.05, 3.63) is 27.7 Å². The molecule has 1 rings (SSSR count). The molecule has 1 atom stereocenters. The third-order valence-corrected chi connectivity index (χ3v) is 3.28. The highest BCUT2D eigenvalue weighted by atomic mass is 35.5. The van der Waals surface area contributed by atoms with E-state index >= 15 is 0 Å². The summed E-state index contributed by atoms with van der Waals surface area (Å²) in [7, 11) is 0. The van der Waals surface area contributed by atoms with Gasteiger partial charge in [-0.2, -0.15) is 0 Å². The van der Waals surface area contributed by atoms with Crippen LogP contribution >= 0.6 is 23.2 Å². The van der Waals surface area contributed by atoms with Gasteiger partial charge in [-0.3, -0.25) is 0 Å². The first-order valence-electron chi connectivity index (χ1n) is 5.51. The van der Waals surface area contributed by atoms with Crippen molar-refractivity contribution in [1.82, 2.24) is 5.32 Å². The van der Waals surface area contributed by atoms with Crippen molar-refractivity contribution in [3.63, 3.8) is 0 Å². The van der Waals surface area contributed by atoms with Crippen LogP contribution in [0, 0.1) is 0 Å². The van der Waals surface area contributed by atoms with Crippen LogP contribution in [0.2, 0.25) is 10.0 Å². The molecule has 0 aromatic heterocycles. The Morgan fingerprint density at radius 1 is 1.31 bits per heavy atom. The summed E-state index contributed by atoms with van der Waals surface area (Å²) in [6.07, 6.45) is 2.04. The lowest BCUT2D eigenvalue weighted by molar-refractivity contribution is 0.537. The molecule has 4 heteroatoms. The van der Waals surface area contributed by atoms with Crippen molar-refractivity contribution in [3.8, 4) is 0 Å². The molecule has 16 heavy (non-hydrogen) atoms. The summed E-state index contributed by atoms with van der Waals surface area (Å²) in [5, 5.41) is 4.48. The maximum absolute atomic E-state index is 5.96. The van der Waals surface area contributed by atoms with E-state index in [2.05, 4.69) is 19.2 Å². The first-order chi connectivity index (χ1) is 7.54. The van der Waals surface area contributed by atoms with E-state index in [-0.39, 0.29) is 0 Å². The predicted molar refractivity (Wildman–Crippen MR) is 72.3 cm³/mol. The minimum absolute atomic E-state index is 0.460. The van der Waals surface area contributed by atoms with Gasteiger partial charge < -0.3 is 11.1 Å². The molecule has 0 amide bonds. The fourth-order valence-electron chi connectivity index (χ4n) is 1.39. The molecule has 0 saturated carbocycles. The van der Waals surface area contributed by atoms with Gasteiger partial charge in [0.05, 0.1) is 15.7 Å². The Labute approximate surface area is 107 Å². The number of nitrogen functional groups attached to an aromatic ring is 1. The lowest BCUT2D eigenvalue weighted by atomic mass is 10.1. The molecule has 0 aliphatic rings. The van der Waals surface area contributed by atoms with Crippen molar-refractivity contribution in [1.29, 1.82) is 0 Å². The molecule has 0 radical (unpaired) electrons. The SMILES string of the molecule is CCC(C)NCCc1cc(Cl)c(N)c(Cl)c1. The Hall–Kier alpha value is -0.440. The van der Waals surface area contributed by atoms with Crippen LogP contribution in [0.4, 0.5) is 5.69 Å². The predicted octanol–water partition coefficient (Wildman–Crippen LogP) is 3.51. The van der Waals surface area contributed by atoms with Crippen molar-refractivity contribution in [2.75, 3.05) is 12.3 Å². The molecule has 0 aliphatic carbocycles. The van der Waals surface area contributed by atoms with Gasteiger partial charge in [0.25, 0.3) is 0 Å². The van der Waals surface area contributed by atoms with Crippen LogP contribution in [0.15, 0.2) is 12.1 Å². The van der Waals surface area contributed by atoms with E-state index in [1.165, 1.54) is 0 Å². The molecule has 2 nitrogen and oxygen atoms in total. The molecule has 0 bridgehead atoms. The number of hydrogen-bond donors (Lipinski definition) is 2. The second-order valence-electron chi connectivity index (χ2n) is 3.99. The average Bonchev–Trinajstić information content (AvgIpc) is 2.25. The molecule has 0 spiro atoms. The quantitative estimate of drug-likeness (QED) is 0.796. The van der Waals surface area contributed by atoms with Gasteiger partial charge >= 0.3 is 0 Å². The molecule has 1 aromatic carbocycles. The summed E-state index contributed by atoms with van der Waals surface area (Å²) in [4.78, 5) is 0. The minimum Gasteiger partial charge on any atom is -0.396 e. The zero-order chi connectivity index (χ0) is 12.1. The number of halogens is 2. The molecular formula is C12H18Cl2N2. The van der Waals surface area contributed by atoms with E-state index < -0.39 is 0 Å². The minimum atomic E-state index is 0.460. The zero-order valence-corrected chi connectivity index (χ0v) is 11.2. The van der Waals surface area contributed by atoms with Crippen LogP contribution in [0.1, 0.15) is 25.8 Å². The van der Waals surface area contributed by atoms with Gasteiger partial charge in [0.1, 0.15) is 0 Å². The fourth-order valence-corrected chi connectivity index (χ4v) is 1.92. The summed E-state index contributed by atoms with van der Waals surface area (Å²) in [5.74, 6) is 0. The molecule has 0 fully saturated rings. The summed E-state index contributed by atoms with van der Waals surface area (Å²) in [6, 6.07) is 4.29. The topological polar surface area (TPSA) is 38.0 Å². The number of nitrogens with one attached hydrogen (secondary N) is 1. The van der Waals surface area contributed by atoms with E-state index in [4.69, 9.17) is 28.9 Å². The Morgan fingerprint density at radius 3 is 2.38 bits per heavy atom. The highest BCUT2D eigenvalue weighted by Crippen LogP contribution is 2.28. The van der Waals surface area contributed by atoms with Crippen molar-refractivity contribution in [2.45, 2.75) is 32.7 Å². The largest absolute Gasteiger partial charge is 0.396 e. The van der Waals surface area contributed by atoms with Crippen LogP contribution in [0.5, 0.6) is 0 Å². The van der Waals surface area contributed by atoms with Gasteiger partial charge in [-0.25, -0.2) is 0 Å². The maximum Gasteiger partial charge on any atom is 0.0693 e. The first kappa shape index (κ1) is 13.6. The smallest absolute Gasteiger partial charge is 0.0693 e. The van der Waals surface area contributed by atoms with Gasteiger partial charge in [0.15, 0.2) is 0 Å². The zero-order valence-electron chi connectivity index (χ0n) is 9.69. The molecule has 90 valence electrons. The highest BCUT2D eigenvalue weighted by Gasteiger charge is 2.05. The summed E-state index contributed by atoms with van der Waals surface area (Å²) < 4.78 is 0. The standard InChI is InChI=1S/C12H18Cl2N2/c1-3-8(2)16-5-4-9-6-10(13)12(15)11(14)7-9/h6-8,16H,3-5,15H2,1-2H3. The Bertz CT molecular complexity index is 330. The van der Waals surface area contributed by atoms with Gasteiger partial charge in [-0.05, 0) is 44.0 Å². The molecule has 1 aromatic rings. The van der Waals surface area contributed by atoms with Crippen LogP contribution in [0.25, 0.3) is 0 Å². The van der Waals surface area contributed by atoms with Gasteiger partial charge in [-0.15, -0.1) is 0 Å². The Morgan fingerprint density at radius 2 is 1.88 bits per heavy atom. The fraction of sp³-hybridized carbons (Fsp3) is 0.500. The van der Waals surface area contributed by atoms with Crippen LogP contribution in [-0.2, 0) is 6.42 Å². The van der Waals surface area contributed by atoms with Crippen molar-refractivity contribution < 1.29 is 0 Å². The maximum atomic E-state index is 5.96. The van der Waals surface area contributed by atoms with E-state index in [0.717, 1.165) is 24.9 Å². The molecular weight excluding hydrogens is 243 g/mol. The average molecular weight is 261 g/mol. The normalized spacial score (nSPS) is 12.8. The van der Waals surface area contributed by atoms with E-state index in [1.807, 2.05) is 12.1 Å². The van der Waals surface area contributed by atoms with Crippen LogP contribution < -0.4 is 11.1 Å². The van der Waals surface area contributed by atoms with Gasteiger partial charge in [0.2, 0.25) is 0 Å². The summed E-state index contributed by atoms with van der Waals surface area (Å²) in [6.45, 7) is 5.25. The lowest BCUT2D eigenvalue weighted by Gasteiger charge is -2.11. The number of rotatable bonds is 5. The Kier molecular flexibility index (Phi) is 5.39. The summed E-state index contributed by atoms with van der Waals surface area (Å²) >= 11 is 11.9. The van der Waals surface area contributed by atoms with Crippen molar-refractivity contribution >= 4 is 28.9 Å². The monoisotopic (exact) mass is 260 g/mol. The van der Waals surface area contributed by atoms with Gasteiger partial charge in [0, 0.05) is 6.04 Å². The van der Waals surface area contributed by atoms with E-state index in [9.17, 15) is 0 Å². The lowest BCUT2D eigenvalue weighted by Crippen LogP contribution is -2.27. The number of nitrogens with two attached hydrogens (primary N) is 1. The number of anilines is 1. The second-order valence-corrected chi connectivity index (χ2v) is 4.80. The first-order valence-corrected chi connectivity index (χ1v) is 6.27. The molecule has 1 unspecified atom stereocenters. The highest BCUT2D eigenvalue weighted by molar-refractivity contribution is 6.38. The molecule has 0 heterocycles. The van der Waals surface area contributed by atoms with Crippen LogP contribution in [0.3, 0.4) is 0 Å². The Balaban J connectivity index is 2.55. The third kappa shape index (κ3) is 3.85. The molecule has 0 saturated heterocycles. The van der Waals surface area contributed by atoms with Crippen LogP contribution in [-0.4, -0.2) is 12.6 Å². The molecule has 0 aliphatic heterocycles. The third-order valence-electron chi connectivity index (χ3n) is 2.66. The summed E-state index contributed by atoms with van der Waals surface area (Å²) in [5.41, 5.74) is 7.24. The number of hydrogen-bond acceptors (Lipinski definition) is 2. The second kappa shape index (κ2) is 6.33. The molecule has 3 N–H and O–H groups in total. The number of benzene rings is 1. The van der Waals surface area contributed by atoms with E-state index in [0.29, 0.717) is 21.8 Å².